The molecular formula is C17H25IO. The molecule has 1 N–H and O–H groups in total. The molecule has 2 saturated carbocycles. The lowest BCUT2D eigenvalue weighted by Gasteiger charge is -2.48. The first-order valence-electron chi connectivity index (χ1n) is 7.67. The molecule has 0 aromatic carbocycles. The Labute approximate surface area is 130 Å². The quantitative estimate of drug-likeness (QED) is 0.430. The fraction of sp³-hybridized carbons (Fsp3) is 0.765. The van der Waals surface area contributed by atoms with Crippen LogP contribution in [0.4, 0.5) is 0 Å². The number of allylic oxidation sites excluding steroid dienone is 2. The van der Waals surface area contributed by atoms with E-state index in [0.29, 0.717) is 5.41 Å². The van der Waals surface area contributed by atoms with Crippen LogP contribution in [0.1, 0.15) is 45.4 Å². The molecule has 2 heteroatoms. The summed E-state index contributed by atoms with van der Waals surface area (Å²) in [4.78, 5) is 0. The van der Waals surface area contributed by atoms with Crippen LogP contribution in [-0.4, -0.2) is 15.6 Å². The summed E-state index contributed by atoms with van der Waals surface area (Å²) in [7, 11) is 0. The van der Waals surface area contributed by atoms with Gasteiger partial charge in [-0.2, -0.15) is 0 Å². The van der Waals surface area contributed by atoms with E-state index in [1.165, 1.54) is 35.7 Å². The van der Waals surface area contributed by atoms with Gasteiger partial charge in [0, 0.05) is 4.43 Å². The second-order valence-corrected chi connectivity index (χ2v) is 8.07. The van der Waals surface area contributed by atoms with Crippen LogP contribution < -0.4 is 0 Å². The lowest BCUT2D eigenvalue weighted by atomic mass is 9.57. The molecule has 5 atom stereocenters. The maximum atomic E-state index is 9.93. The standard InChI is InChI=1S/C17H25IO/c1-11-9-16-15(14(11)6-8-18)4-3-12-10-13(19)5-7-17(12,16)2/h3,13-16,19H,1,4-10H2,2H3/t13-,14+,15-,16-,17-/m0/s1. The predicted molar refractivity (Wildman–Crippen MR) is 88.4 cm³/mol. The molecule has 3 rings (SSSR count). The van der Waals surface area contributed by atoms with Gasteiger partial charge in [-0.1, -0.05) is 53.3 Å². The highest BCUT2D eigenvalue weighted by Gasteiger charge is 2.51. The highest BCUT2D eigenvalue weighted by Crippen LogP contribution is 2.60. The van der Waals surface area contributed by atoms with Gasteiger partial charge in [0.1, 0.15) is 0 Å². The van der Waals surface area contributed by atoms with E-state index in [9.17, 15) is 5.11 Å². The molecule has 0 unspecified atom stereocenters. The van der Waals surface area contributed by atoms with Gasteiger partial charge in [0.2, 0.25) is 0 Å². The smallest absolute Gasteiger partial charge is 0.0577 e. The highest BCUT2D eigenvalue weighted by molar-refractivity contribution is 14.1. The van der Waals surface area contributed by atoms with Crippen molar-refractivity contribution in [2.45, 2.75) is 51.6 Å². The lowest BCUT2D eigenvalue weighted by Crippen LogP contribution is -2.41. The Morgan fingerprint density at radius 1 is 1.47 bits per heavy atom. The second kappa shape index (κ2) is 5.18. The maximum Gasteiger partial charge on any atom is 0.0577 e. The van der Waals surface area contributed by atoms with E-state index in [1.807, 2.05) is 0 Å². The molecule has 19 heavy (non-hydrogen) atoms. The van der Waals surface area contributed by atoms with Gasteiger partial charge in [-0.05, 0) is 61.7 Å². The Morgan fingerprint density at radius 2 is 2.26 bits per heavy atom. The maximum absolute atomic E-state index is 9.93. The van der Waals surface area contributed by atoms with Crippen LogP contribution in [0.15, 0.2) is 23.8 Å². The zero-order valence-corrected chi connectivity index (χ0v) is 14.0. The number of hydrogen-bond donors (Lipinski definition) is 1. The minimum Gasteiger partial charge on any atom is -0.393 e. The van der Waals surface area contributed by atoms with Crippen molar-refractivity contribution in [1.29, 1.82) is 0 Å². The minimum atomic E-state index is -0.0920. The summed E-state index contributed by atoms with van der Waals surface area (Å²) >= 11 is 2.50. The molecule has 0 saturated heterocycles. The SMILES string of the molecule is C=C1C[C@H]2[C@@H](CC=C3C[C@@H](O)CC[C@@]32C)[C@@H]1CCI. The van der Waals surface area contributed by atoms with Crippen LogP contribution in [-0.2, 0) is 0 Å². The van der Waals surface area contributed by atoms with E-state index in [2.05, 4.69) is 42.2 Å². The van der Waals surface area contributed by atoms with E-state index in [1.54, 1.807) is 5.57 Å². The van der Waals surface area contributed by atoms with Crippen molar-refractivity contribution in [3.05, 3.63) is 23.8 Å². The first-order valence-corrected chi connectivity index (χ1v) is 9.20. The van der Waals surface area contributed by atoms with Crippen LogP contribution >= 0.6 is 22.6 Å². The zero-order chi connectivity index (χ0) is 13.6. The molecule has 0 aromatic heterocycles. The Hall–Kier alpha value is 0.170. The van der Waals surface area contributed by atoms with Crippen molar-refractivity contribution in [1.82, 2.24) is 0 Å². The van der Waals surface area contributed by atoms with Gasteiger partial charge in [-0.3, -0.25) is 0 Å². The van der Waals surface area contributed by atoms with E-state index in [0.717, 1.165) is 30.6 Å². The van der Waals surface area contributed by atoms with Crippen LogP contribution in [0.2, 0.25) is 0 Å². The van der Waals surface area contributed by atoms with E-state index < -0.39 is 0 Å². The number of halogens is 1. The van der Waals surface area contributed by atoms with Gasteiger partial charge in [0.25, 0.3) is 0 Å². The summed E-state index contributed by atoms with van der Waals surface area (Å²) in [5.41, 5.74) is 3.41. The molecule has 0 spiro atoms. The fourth-order valence-electron chi connectivity index (χ4n) is 4.96. The monoisotopic (exact) mass is 372 g/mol. The summed E-state index contributed by atoms with van der Waals surface area (Å²) in [6, 6.07) is 0. The number of aliphatic hydroxyl groups excluding tert-OH is 1. The number of hydrogen-bond acceptors (Lipinski definition) is 1. The van der Waals surface area contributed by atoms with Gasteiger partial charge in [0.05, 0.1) is 6.10 Å². The van der Waals surface area contributed by atoms with E-state index in [-0.39, 0.29) is 6.10 Å². The molecule has 106 valence electrons. The molecule has 1 nitrogen and oxygen atoms in total. The Morgan fingerprint density at radius 3 is 3.00 bits per heavy atom. The van der Waals surface area contributed by atoms with Crippen molar-refractivity contribution in [3.8, 4) is 0 Å². The van der Waals surface area contributed by atoms with Crippen molar-refractivity contribution in [2.75, 3.05) is 4.43 Å². The number of aliphatic hydroxyl groups is 1. The predicted octanol–water partition coefficient (Wildman–Crippen LogP) is 4.50. The molecule has 2 fully saturated rings. The van der Waals surface area contributed by atoms with Gasteiger partial charge >= 0.3 is 0 Å². The second-order valence-electron chi connectivity index (χ2n) is 7.00. The third kappa shape index (κ3) is 2.23. The molecule has 0 amide bonds. The first kappa shape index (κ1) is 14.1. The third-order valence-electron chi connectivity index (χ3n) is 6.10. The van der Waals surface area contributed by atoms with Gasteiger partial charge in [0.15, 0.2) is 0 Å². The molecule has 0 bridgehead atoms. The summed E-state index contributed by atoms with van der Waals surface area (Å²) in [6.45, 7) is 6.85. The molecule has 3 aliphatic rings. The molecular weight excluding hydrogens is 347 g/mol. The number of fused-ring (bicyclic) bond motifs is 3. The number of alkyl halides is 1. The molecule has 0 heterocycles. The molecule has 0 radical (unpaired) electrons. The average molecular weight is 372 g/mol. The normalized spacial score (nSPS) is 45.6. The highest BCUT2D eigenvalue weighted by atomic mass is 127. The van der Waals surface area contributed by atoms with Crippen molar-refractivity contribution < 1.29 is 5.11 Å². The van der Waals surface area contributed by atoms with Crippen LogP contribution in [0.5, 0.6) is 0 Å². The van der Waals surface area contributed by atoms with Crippen molar-refractivity contribution >= 4 is 22.6 Å². The van der Waals surface area contributed by atoms with Crippen molar-refractivity contribution in [2.24, 2.45) is 23.2 Å². The topological polar surface area (TPSA) is 20.2 Å². The summed E-state index contributed by atoms with van der Waals surface area (Å²) in [6.07, 6.45) is 9.23. The molecule has 0 aliphatic heterocycles. The molecule has 0 aromatic rings. The first-order chi connectivity index (χ1) is 9.06. The van der Waals surface area contributed by atoms with Crippen LogP contribution in [0.25, 0.3) is 0 Å². The van der Waals surface area contributed by atoms with E-state index in [4.69, 9.17) is 0 Å². The van der Waals surface area contributed by atoms with Crippen LogP contribution in [0.3, 0.4) is 0 Å². The Balaban J connectivity index is 1.89. The van der Waals surface area contributed by atoms with Gasteiger partial charge in [-0.25, -0.2) is 0 Å². The fourth-order valence-corrected chi connectivity index (χ4v) is 5.64. The lowest BCUT2D eigenvalue weighted by molar-refractivity contribution is 0.0559. The zero-order valence-electron chi connectivity index (χ0n) is 11.9. The Kier molecular flexibility index (Phi) is 3.85. The Bertz CT molecular complexity index is 413. The number of rotatable bonds is 2. The summed E-state index contributed by atoms with van der Waals surface area (Å²) in [5, 5.41) is 9.93. The largest absolute Gasteiger partial charge is 0.393 e. The average Bonchev–Trinajstić information content (AvgIpc) is 2.70. The summed E-state index contributed by atoms with van der Waals surface area (Å²) in [5.74, 6) is 2.37. The third-order valence-corrected chi connectivity index (χ3v) is 6.72. The minimum absolute atomic E-state index is 0.0920. The van der Waals surface area contributed by atoms with E-state index >= 15 is 0 Å². The van der Waals surface area contributed by atoms with Gasteiger partial charge in [-0.15, -0.1) is 0 Å². The van der Waals surface area contributed by atoms with Crippen molar-refractivity contribution in [3.63, 3.8) is 0 Å². The van der Waals surface area contributed by atoms with Gasteiger partial charge < -0.3 is 5.11 Å². The summed E-state index contributed by atoms with van der Waals surface area (Å²) < 4.78 is 1.25. The van der Waals surface area contributed by atoms with Crippen LogP contribution in [0, 0.1) is 23.2 Å². The molecule has 3 aliphatic carbocycles.